The summed E-state index contributed by atoms with van der Waals surface area (Å²) in [5.74, 6) is 0. The summed E-state index contributed by atoms with van der Waals surface area (Å²) in [5.41, 5.74) is 8.50. The molecule has 0 aliphatic heterocycles. The van der Waals surface area contributed by atoms with E-state index in [1.54, 1.807) is 14.2 Å². The predicted molar refractivity (Wildman–Crippen MR) is 77.9 cm³/mol. The summed E-state index contributed by atoms with van der Waals surface area (Å²) in [6.45, 7) is 3.61. The average Bonchev–Trinajstić information content (AvgIpc) is 2.42. The van der Waals surface area contributed by atoms with Crippen molar-refractivity contribution in [1.29, 1.82) is 0 Å². The molecule has 0 fully saturated rings. The summed E-state index contributed by atoms with van der Waals surface area (Å²) in [4.78, 5) is 2.26. The number of benzene rings is 1. The van der Waals surface area contributed by atoms with Gasteiger partial charge in [0.2, 0.25) is 0 Å². The highest BCUT2D eigenvalue weighted by molar-refractivity contribution is 5.25. The Hall–Kier alpha value is -0.940. The molecule has 0 aliphatic carbocycles. The lowest BCUT2D eigenvalue weighted by Gasteiger charge is -2.29. The molecule has 19 heavy (non-hydrogen) atoms. The summed E-state index contributed by atoms with van der Waals surface area (Å²) in [6.07, 6.45) is 0.569. The largest absolute Gasteiger partial charge is 0.356 e. The molecule has 0 spiro atoms. The molecule has 0 aromatic heterocycles. The van der Waals surface area contributed by atoms with Crippen molar-refractivity contribution in [1.82, 2.24) is 4.90 Å². The highest BCUT2D eigenvalue weighted by Crippen LogP contribution is 2.14. The van der Waals surface area contributed by atoms with Crippen LogP contribution in [0.3, 0.4) is 0 Å². The molecule has 4 nitrogen and oxygen atoms in total. The summed E-state index contributed by atoms with van der Waals surface area (Å²) < 4.78 is 10.5. The van der Waals surface area contributed by atoms with Gasteiger partial charge in [0.15, 0.2) is 6.29 Å². The molecule has 0 radical (unpaired) electrons. The minimum Gasteiger partial charge on any atom is -0.356 e. The number of hydrogen-bond donors (Lipinski definition) is 1. The highest BCUT2D eigenvalue weighted by atomic mass is 16.7. The summed E-state index contributed by atoms with van der Waals surface area (Å²) in [7, 11) is 5.40. The van der Waals surface area contributed by atoms with Gasteiger partial charge in [-0.15, -0.1) is 0 Å². The number of rotatable bonds is 8. The molecule has 0 aliphatic rings. The number of hydrogen-bond acceptors (Lipinski definition) is 4. The number of nitrogens with zero attached hydrogens (tertiary/aromatic N) is 1. The Labute approximate surface area is 116 Å². The van der Waals surface area contributed by atoms with E-state index in [9.17, 15) is 0 Å². The van der Waals surface area contributed by atoms with E-state index in [2.05, 4.69) is 43.1 Å². The van der Waals surface area contributed by atoms with Crippen LogP contribution >= 0.6 is 0 Å². The predicted octanol–water partition coefficient (Wildman–Crippen LogP) is 1.76. The van der Waals surface area contributed by atoms with E-state index in [0.717, 1.165) is 13.0 Å². The van der Waals surface area contributed by atoms with Gasteiger partial charge in [-0.25, -0.2) is 0 Å². The van der Waals surface area contributed by atoms with Crippen LogP contribution < -0.4 is 5.73 Å². The quantitative estimate of drug-likeness (QED) is 0.728. The van der Waals surface area contributed by atoms with E-state index in [1.807, 2.05) is 0 Å². The first-order valence-corrected chi connectivity index (χ1v) is 6.62. The number of aryl methyl sites for hydroxylation is 1. The Morgan fingerprint density at radius 2 is 1.84 bits per heavy atom. The molecule has 4 heteroatoms. The van der Waals surface area contributed by atoms with Crippen molar-refractivity contribution in [2.45, 2.75) is 32.2 Å². The van der Waals surface area contributed by atoms with Crippen molar-refractivity contribution >= 4 is 0 Å². The van der Waals surface area contributed by atoms with Gasteiger partial charge >= 0.3 is 0 Å². The molecule has 0 saturated heterocycles. The van der Waals surface area contributed by atoms with Gasteiger partial charge in [0.05, 0.1) is 0 Å². The topological polar surface area (TPSA) is 47.7 Å². The Kier molecular flexibility index (Phi) is 7.02. The standard InChI is InChI=1S/C15H26N2O2/c1-12-7-5-6-8-13(12)11-17(2)14(10-16)9-15(18-3)19-4/h5-8,14-15H,9-11,16H2,1-4H3. The van der Waals surface area contributed by atoms with E-state index in [-0.39, 0.29) is 12.3 Å². The van der Waals surface area contributed by atoms with Gasteiger partial charge in [0.1, 0.15) is 0 Å². The van der Waals surface area contributed by atoms with Gasteiger partial charge in [-0.1, -0.05) is 24.3 Å². The molecule has 108 valence electrons. The van der Waals surface area contributed by atoms with Crippen molar-refractivity contribution in [2.75, 3.05) is 27.8 Å². The van der Waals surface area contributed by atoms with E-state index in [1.165, 1.54) is 11.1 Å². The molecule has 1 aromatic carbocycles. The summed E-state index contributed by atoms with van der Waals surface area (Å²) in [6, 6.07) is 8.66. The maximum Gasteiger partial charge on any atom is 0.158 e. The van der Waals surface area contributed by atoms with Crippen LogP contribution in [0.25, 0.3) is 0 Å². The van der Waals surface area contributed by atoms with Gasteiger partial charge in [0.25, 0.3) is 0 Å². The van der Waals surface area contributed by atoms with Crippen molar-refractivity contribution in [3.63, 3.8) is 0 Å². The fourth-order valence-corrected chi connectivity index (χ4v) is 2.15. The lowest BCUT2D eigenvalue weighted by molar-refractivity contribution is -0.116. The van der Waals surface area contributed by atoms with Crippen LogP contribution in [0, 0.1) is 6.92 Å². The number of ether oxygens (including phenoxy) is 2. The first-order chi connectivity index (χ1) is 9.12. The average molecular weight is 266 g/mol. The third-order valence-corrected chi connectivity index (χ3v) is 3.57. The highest BCUT2D eigenvalue weighted by Gasteiger charge is 2.19. The van der Waals surface area contributed by atoms with Gasteiger partial charge < -0.3 is 15.2 Å². The van der Waals surface area contributed by atoms with Crippen LogP contribution in [0.5, 0.6) is 0 Å². The van der Waals surface area contributed by atoms with Gasteiger partial charge in [0, 0.05) is 39.8 Å². The smallest absolute Gasteiger partial charge is 0.158 e. The molecule has 1 rings (SSSR count). The molecular formula is C15H26N2O2. The van der Waals surface area contributed by atoms with Crippen LogP contribution in [-0.4, -0.2) is 45.0 Å². The van der Waals surface area contributed by atoms with E-state index in [4.69, 9.17) is 15.2 Å². The maximum absolute atomic E-state index is 5.87. The fourth-order valence-electron chi connectivity index (χ4n) is 2.15. The molecule has 1 unspecified atom stereocenters. The number of methoxy groups -OCH3 is 2. The summed E-state index contributed by atoms with van der Waals surface area (Å²) >= 11 is 0. The maximum atomic E-state index is 5.87. The molecule has 2 N–H and O–H groups in total. The SMILES string of the molecule is COC(CC(CN)N(C)Cc1ccccc1C)OC. The van der Waals surface area contributed by atoms with Crippen molar-refractivity contribution in [3.8, 4) is 0 Å². The first kappa shape index (κ1) is 16.1. The molecule has 1 aromatic rings. The second-order valence-electron chi connectivity index (χ2n) is 4.87. The molecule has 0 saturated carbocycles. The fraction of sp³-hybridized carbons (Fsp3) is 0.600. The Bertz CT molecular complexity index is 367. The van der Waals surface area contributed by atoms with Gasteiger partial charge in [-0.2, -0.15) is 0 Å². The van der Waals surface area contributed by atoms with Crippen LogP contribution in [0.1, 0.15) is 17.5 Å². The zero-order valence-electron chi connectivity index (χ0n) is 12.4. The lowest BCUT2D eigenvalue weighted by atomic mass is 10.1. The molecular weight excluding hydrogens is 240 g/mol. The number of likely N-dealkylation sites (N-methyl/N-ethyl adjacent to an activating group) is 1. The normalized spacial score (nSPS) is 13.2. The molecule has 0 amide bonds. The Morgan fingerprint density at radius 1 is 1.21 bits per heavy atom. The van der Waals surface area contributed by atoms with E-state index in [0.29, 0.717) is 6.54 Å². The van der Waals surface area contributed by atoms with Crippen molar-refractivity contribution < 1.29 is 9.47 Å². The second kappa shape index (κ2) is 8.27. The van der Waals surface area contributed by atoms with Crippen LogP contribution in [0.15, 0.2) is 24.3 Å². The van der Waals surface area contributed by atoms with Crippen molar-refractivity contribution in [2.24, 2.45) is 5.73 Å². The first-order valence-electron chi connectivity index (χ1n) is 6.62. The Morgan fingerprint density at radius 3 is 2.37 bits per heavy atom. The minimum atomic E-state index is -0.201. The zero-order chi connectivity index (χ0) is 14.3. The monoisotopic (exact) mass is 266 g/mol. The molecule has 0 bridgehead atoms. The molecule has 1 atom stereocenters. The van der Waals surface area contributed by atoms with Gasteiger partial charge in [-0.05, 0) is 25.1 Å². The summed E-state index contributed by atoms with van der Waals surface area (Å²) in [5, 5.41) is 0. The van der Waals surface area contributed by atoms with Crippen molar-refractivity contribution in [3.05, 3.63) is 35.4 Å². The Balaban J connectivity index is 2.63. The van der Waals surface area contributed by atoms with E-state index >= 15 is 0 Å². The number of nitrogens with two attached hydrogens (primary N) is 1. The van der Waals surface area contributed by atoms with Crippen LogP contribution in [0.2, 0.25) is 0 Å². The lowest BCUT2D eigenvalue weighted by Crippen LogP contribution is -2.40. The van der Waals surface area contributed by atoms with Crippen LogP contribution in [0.4, 0.5) is 0 Å². The van der Waals surface area contributed by atoms with Crippen LogP contribution in [-0.2, 0) is 16.0 Å². The third-order valence-electron chi connectivity index (χ3n) is 3.57. The van der Waals surface area contributed by atoms with Gasteiger partial charge in [-0.3, -0.25) is 4.90 Å². The molecule has 0 heterocycles. The second-order valence-corrected chi connectivity index (χ2v) is 4.87. The minimum absolute atomic E-state index is 0.201. The van der Waals surface area contributed by atoms with E-state index < -0.39 is 0 Å². The third kappa shape index (κ3) is 4.91. The zero-order valence-corrected chi connectivity index (χ0v) is 12.4.